The molecule has 0 N–H and O–H groups in total. The van der Waals surface area contributed by atoms with E-state index < -0.39 is 53.4 Å². The minimum atomic E-state index is -6.15. The van der Waals surface area contributed by atoms with Crippen molar-refractivity contribution < 1.29 is 48.1 Å². The van der Waals surface area contributed by atoms with Crippen molar-refractivity contribution in [3.63, 3.8) is 0 Å². The van der Waals surface area contributed by atoms with E-state index in [0.29, 0.717) is 11.6 Å². The number of furan rings is 1. The summed E-state index contributed by atoms with van der Waals surface area (Å²) < 4.78 is 105. The van der Waals surface area contributed by atoms with Gasteiger partial charge in [0.1, 0.15) is 11.4 Å². The molecule has 0 saturated carbocycles. The molecule has 4 rings (SSSR count). The van der Waals surface area contributed by atoms with Crippen LogP contribution in [0.3, 0.4) is 0 Å². The highest BCUT2D eigenvalue weighted by molar-refractivity contribution is 7.91. The lowest BCUT2D eigenvalue weighted by Gasteiger charge is -2.29. The Labute approximate surface area is 210 Å². The van der Waals surface area contributed by atoms with Crippen molar-refractivity contribution in [3.05, 3.63) is 53.8 Å². The van der Waals surface area contributed by atoms with Crippen molar-refractivity contribution in [2.45, 2.75) is 54.6 Å². The maximum atomic E-state index is 13.3. The second kappa shape index (κ2) is 8.94. The summed E-state index contributed by atoms with van der Waals surface area (Å²) in [6.45, 7) is 5.07. The molecule has 0 bridgehead atoms. The first-order valence-corrected chi connectivity index (χ1v) is 13.8. The van der Waals surface area contributed by atoms with Crippen molar-refractivity contribution in [1.29, 1.82) is 0 Å². The Kier molecular flexibility index (Phi) is 6.47. The number of carbonyl (C=O) groups is 1. The maximum Gasteiger partial charge on any atom is 0.534 e. The number of ether oxygens (including phenoxy) is 1. The standard InChI is InChI=1S/C23H22F3NO8S2/c1-22(2,3)34-21(28)27-10-9-18-17(13-27)16-11-15(36(29,30)14-7-5-4-6-8-14)12-19(20(16)33-18)35-37(31,32)23(24,25)26/h4-8,11-12H,9-10,13H2,1-3H3. The Morgan fingerprint density at radius 1 is 1.00 bits per heavy atom. The van der Waals surface area contributed by atoms with Crippen molar-refractivity contribution >= 4 is 37.0 Å². The van der Waals surface area contributed by atoms with E-state index in [1.165, 1.54) is 29.2 Å². The normalized spacial score (nSPS) is 14.9. The van der Waals surface area contributed by atoms with Gasteiger partial charge in [-0.25, -0.2) is 13.2 Å². The number of hydrogen-bond acceptors (Lipinski definition) is 8. The zero-order valence-corrected chi connectivity index (χ0v) is 21.5. The minimum absolute atomic E-state index is 0.00682. The highest BCUT2D eigenvalue weighted by Crippen LogP contribution is 2.41. The summed E-state index contributed by atoms with van der Waals surface area (Å²) in [5.74, 6) is -0.694. The summed E-state index contributed by atoms with van der Waals surface area (Å²) in [6.07, 6.45) is -0.535. The SMILES string of the molecule is CC(C)(C)OC(=O)N1CCc2oc3c(OS(=O)(=O)C(F)(F)F)cc(S(=O)(=O)c4ccccc4)cc3c2C1. The van der Waals surface area contributed by atoms with Crippen LogP contribution in [0.15, 0.2) is 56.7 Å². The molecular weight excluding hydrogens is 539 g/mol. The maximum absolute atomic E-state index is 13.3. The number of benzene rings is 2. The number of carbonyl (C=O) groups excluding carboxylic acids is 1. The molecular formula is C23H22F3NO8S2. The molecule has 3 aromatic rings. The van der Waals surface area contributed by atoms with Gasteiger partial charge in [0.2, 0.25) is 9.84 Å². The molecule has 1 amide bonds. The van der Waals surface area contributed by atoms with Gasteiger partial charge in [0, 0.05) is 30.0 Å². The van der Waals surface area contributed by atoms with Gasteiger partial charge in [0.05, 0.1) is 16.3 Å². The molecule has 9 nitrogen and oxygen atoms in total. The lowest BCUT2D eigenvalue weighted by Crippen LogP contribution is -2.39. The van der Waals surface area contributed by atoms with Crippen molar-refractivity contribution in [1.82, 2.24) is 4.90 Å². The molecule has 2 heterocycles. The average molecular weight is 562 g/mol. The summed E-state index contributed by atoms with van der Waals surface area (Å²) in [6, 6.07) is 8.87. The number of sulfone groups is 1. The topological polar surface area (TPSA) is 120 Å². The van der Waals surface area contributed by atoms with Gasteiger partial charge < -0.3 is 18.2 Å². The number of fused-ring (bicyclic) bond motifs is 3. The van der Waals surface area contributed by atoms with Crippen molar-refractivity contribution in [2.24, 2.45) is 0 Å². The molecule has 0 atom stereocenters. The predicted octanol–water partition coefficient (Wildman–Crippen LogP) is 4.79. The van der Waals surface area contributed by atoms with E-state index in [0.717, 1.165) is 6.07 Å². The zero-order chi connectivity index (χ0) is 27.4. The highest BCUT2D eigenvalue weighted by atomic mass is 32.2. The van der Waals surface area contributed by atoms with Crippen LogP contribution >= 0.6 is 0 Å². The van der Waals surface area contributed by atoms with Crippen molar-refractivity contribution in [2.75, 3.05) is 6.54 Å². The molecule has 1 aromatic heterocycles. The van der Waals surface area contributed by atoms with Gasteiger partial charge in [0.25, 0.3) is 0 Å². The highest BCUT2D eigenvalue weighted by Gasteiger charge is 2.49. The predicted molar refractivity (Wildman–Crippen MR) is 124 cm³/mol. The van der Waals surface area contributed by atoms with E-state index in [2.05, 4.69) is 4.18 Å². The third-order valence-corrected chi connectivity index (χ3v) is 8.09. The zero-order valence-electron chi connectivity index (χ0n) is 19.8. The van der Waals surface area contributed by atoms with Crippen molar-refractivity contribution in [3.8, 4) is 5.75 Å². The molecule has 2 aromatic carbocycles. The average Bonchev–Trinajstić information content (AvgIpc) is 3.16. The first-order chi connectivity index (χ1) is 17.0. The first kappa shape index (κ1) is 26.8. The van der Waals surface area contributed by atoms with Gasteiger partial charge >= 0.3 is 21.7 Å². The Balaban J connectivity index is 1.89. The second-order valence-electron chi connectivity index (χ2n) is 9.25. The van der Waals surface area contributed by atoms with Gasteiger partial charge in [0.15, 0.2) is 11.3 Å². The van der Waals surface area contributed by atoms with E-state index in [1.54, 1.807) is 26.8 Å². The van der Waals surface area contributed by atoms with Gasteiger partial charge in [-0.05, 0) is 39.0 Å². The number of alkyl halides is 3. The van der Waals surface area contributed by atoms with Crippen LogP contribution in [0.2, 0.25) is 0 Å². The van der Waals surface area contributed by atoms with Gasteiger partial charge in [-0.1, -0.05) is 18.2 Å². The molecule has 37 heavy (non-hydrogen) atoms. The van der Waals surface area contributed by atoms with Crippen LogP contribution in [0.25, 0.3) is 11.0 Å². The number of amides is 1. The quantitative estimate of drug-likeness (QED) is 0.330. The Morgan fingerprint density at radius 2 is 1.65 bits per heavy atom. The van der Waals surface area contributed by atoms with Crippen LogP contribution in [0.5, 0.6) is 5.75 Å². The van der Waals surface area contributed by atoms with E-state index in [9.17, 15) is 34.8 Å². The third kappa shape index (κ3) is 5.25. The number of rotatable bonds is 4. The molecule has 0 radical (unpaired) electrons. The van der Waals surface area contributed by atoms with Crippen LogP contribution in [0, 0.1) is 0 Å². The summed E-state index contributed by atoms with van der Waals surface area (Å²) in [5, 5.41) is -0.00682. The van der Waals surface area contributed by atoms with Crippen LogP contribution in [0.1, 0.15) is 32.1 Å². The Bertz CT molecular complexity index is 1570. The van der Waals surface area contributed by atoms with Crippen LogP contribution in [0.4, 0.5) is 18.0 Å². The molecule has 0 saturated heterocycles. The largest absolute Gasteiger partial charge is 0.534 e. The van der Waals surface area contributed by atoms with E-state index in [-0.39, 0.29) is 35.6 Å². The fourth-order valence-corrected chi connectivity index (χ4v) is 5.50. The Hall–Kier alpha value is -3.26. The minimum Gasteiger partial charge on any atom is -0.457 e. The van der Waals surface area contributed by atoms with Gasteiger partial charge in [-0.2, -0.15) is 21.6 Å². The van der Waals surface area contributed by atoms with Crippen LogP contribution < -0.4 is 4.18 Å². The van der Waals surface area contributed by atoms with E-state index >= 15 is 0 Å². The Morgan fingerprint density at radius 3 is 2.24 bits per heavy atom. The molecule has 0 aliphatic carbocycles. The lowest BCUT2D eigenvalue weighted by molar-refractivity contribution is -0.0499. The molecule has 0 unspecified atom stereocenters. The second-order valence-corrected chi connectivity index (χ2v) is 12.7. The van der Waals surface area contributed by atoms with Crippen LogP contribution in [-0.2, 0) is 37.7 Å². The first-order valence-electron chi connectivity index (χ1n) is 10.9. The molecule has 1 aliphatic heterocycles. The number of hydrogen-bond donors (Lipinski definition) is 0. The van der Waals surface area contributed by atoms with Gasteiger partial charge in [-0.15, -0.1) is 0 Å². The smallest absolute Gasteiger partial charge is 0.457 e. The number of nitrogens with zero attached hydrogens (tertiary/aromatic N) is 1. The molecule has 200 valence electrons. The molecule has 14 heteroatoms. The van der Waals surface area contributed by atoms with Gasteiger partial charge in [-0.3, -0.25) is 0 Å². The lowest BCUT2D eigenvalue weighted by atomic mass is 10.0. The fraction of sp³-hybridized carbons (Fsp3) is 0.348. The van der Waals surface area contributed by atoms with E-state index in [4.69, 9.17) is 9.15 Å². The summed E-state index contributed by atoms with van der Waals surface area (Å²) in [5.41, 5.74) is -6.66. The molecule has 1 aliphatic rings. The molecule has 0 spiro atoms. The molecule has 0 fully saturated rings. The fourth-order valence-electron chi connectivity index (χ4n) is 3.72. The van der Waals surface area contributed by atoms with Crippen LogP contribution in [-0.4, -0.2) is 45.5 Å². The van der Waals surface area contributed by atoms with E-state index in [1.807, 2.05) is 0 Å². The summed E-state index contributed by atoms with van der Waals surface area (Å²) in [4.78, 5) is 13.2. The monoisotopic (exact) mass is 561 g/mol. The summed E-state index contributed by atoms with van der Waals surface area (Å²) in [7, 11) is -10.5. The number of halogens is 3. The summed E-state index contributed by atoms with van der Waals surface area (Å²) >= 11 is 0. The third-order valence-electron chi connectivity index (χ3n) is 5.37.